The number of Topliss-reactive ketones (excluding diaryl/α,β-unsaturated/α-hetero) is 1. The van der Waals surface area contributed by atoms with E-state index in [9.17, 15) is 33.6 Å². The first-order valence-electron chi connectivity index (χ1n) is 11.0. The van der Waals surface area contributed by atoms with Crippen molar-refractivity contribution in [1.29, 1.82) is 0 Å². The average molecular weight is 510 g/mol. The monoisotopic (exact) mass is 510 g/mol. The largest absolute Gasteiger partial charge is 0.507 e. The number of hydrogen-bond acceptors (Lipinski definition) is 7. The number of ether oxygens (including phenoxy) is 2. The fourth-order valence-electron chi connectivity index (χ4n) is 4.08. The van der Waals surface area contributed by atoms with Crippen LogP contribution >= 0.6 is 0 Å². The molecule has 9 nitrogen and oxygen atoms in total. The molecule has 3 aromatic rings. The second kappa shape index (κ2) is 10.1. The van der Waals surface area contributed by atoms with Crippen LogP contribution in [0.15, 0.2) is 66.2 Å². The first-order chi connectivity index (χ1) is 17.7. The van der Waals surface area contributed by atoms with E-state index in [1.54, 1.807) is 6.92 Å². The Hall–Kier alpha value is -4.80. The molecule has 1 saturated heterocycles. The molecule has 1 heterocycles. The van der Waals surface area contributed by atoms with Gasteiger partial charge in [0.05, 0.1) is 30.3 Å². The molecule has 1 aliphatic heterocycles. The topological polar surface area (TPSA) is 119 Å². The molecule has 1 unspecified atom stereocenters. The minimum Gasteiger partial charge on any atom is -0.507 e. The summed E-state index contributed by atoms with van der Waals surface area (Å²) < 4.78 is 38.7. The molecular weight excluding hydrogens is 490 g/mol. The number of nitrogens with zero attached hydrogens (tertiary/aromatic N) is 2. The molecule has 0 aliphatic carbocycles. The number of ketones is 1. The number of benzene rings is 3. The van der Waals surface area contributed by atoms with Gasteiger partial charge in [-0.1, -0.05) is 6.07 Å². The van der Waals surface area contributed by atoms with Crippen LogP contribution in [0.2, 0.25) is 0 Å². The molecule has 0 bridgehead atoms. The Balaban J connectivity index is 1.95. The lowest BCUT2D eigenvalue weighted by Gasteiger charge is -2.26. The molecular formula is C26H20F2N2O7. The average Bonchev–Trinajstić information content (AvgIpc) is 3.15. The highest BCUT2D eigenvalue weighted by Crippen LogP contribution is 2.44. The number of halogens is 2. The van der Waals surface area contributed by atoms with Gasteiger partial charge in [0.1, 0.15) is 5.76 Å². The molecule has 1 N–H and O–H groups in total. The zero-order valence-electron chi connectivity index (χ0n) is 19.6. The number of anilines is 1. The highest BCUT2D eigenvalue weighted by molar-refractivity contribution is 6.51. The Kier molecular flexibility index (Phi) is 6.87. The van der Waals surface area contributed by atoms with Gasteiger partial charge in [0.15, 0.2) is 23.1 Å². The van der Waals surface area contributed by atoms with Gasteiger partial charge >= 0.3 is 0 Å². The molecule has 0 aromatic heterocycles. The number of nitro benzene ring substituents is 1. The van der Waals surface area contributed by atoms with E-state index >= 15 is 0 Å². The minimum absolute atomic E-state index is 0.0393. The van der Waals surface area contributed by atoms with Crippen molar-refractivity contribution in [3.8, 4) is 11.5 Å². The Bertz CT molecular complexity index is 1440. The first kappa shape index (κ1) is 25.3. The Morgan fingerprint density at radius 2 is 1.73 bits per heavy atom. The molecule has 0 spiro atoms. The van der Waals surface area contributed by atoms with Crippen molar-refractivity contribution in [3.05, 3.63) is 99.1 Å². The summed E-state index contributed by atoms with van der Waals surface area (Å²) in [7, 11) is 1.43. The zero-order chi connectivity index (χ0) is 26.9. The summed E-state index contributed by atoms with van der Waals surface area (Å²) >= 11 is 0. The molecule has 1 atom stereocenters. The summed E-state index contributed by atoms with van der Waals surface area (Å²) in [5.74, 6) is -4.51. The van der Waals surface area contributed by atoms with Crippen molar-refractivity contribution in [2.24, 2.45) is 0 Å². The quantitative estimate of drug-likeness (QED) is 0.158. The second-order valence-electron chi connectivity index (χ2n) is 7.91. The second-order valence-corrected chi connectivity index (χ2v) is 7.91. The van der Waals surface area contributed by atoms with Gasteiger partial charge in [0, 0.05) is 29.4 Å². The Morgan fingerprint density at radius 3 is 2.32 bits per heavy atom. The van der Waals surface area contributed by atoms with Crippen LogP contribution in [0, 0.1) is 21.7 Å². The van der Waals surface area contributed by atoms with Gasteiger partial charge in [-0.3, -0.25) is 24.6 Å². The number of aliphatic hydroxyl groups excluding tert-OH is 1. The lowest BCUT2D eigenvalue weighted by Crippen LogP contribution is -2.29. The number of carbonyl (C=O) groups excluding carboxylic acids is 2. The van der Waals surface area contributed by atoms with Crippen molar-refractivity contribution in [1.82, 2.24) is 0 Å². The molecule has 1 amide bonds. The summed E-state index contributed by atoms with van der Waals surface area (Å²) in [5, 5.41) is 22.1. The maximum Gasteiger partial charge on any atom is 0.300 e. The van der Waals surface area contributed by atoms with E-state index in [2.05, 4.69) is 0 Å². The van der Waals surface area contributed by atoms with Gasteiger partial charge in [-0.05, 0) is 48.9 Å². The maximum atomic E-state index is 14.1. The summed E-state index contributed by atoms with van der Waals surface area (Å²) in [6.45, 7) is 2.01. The molecule has 4 rings (SSSR count). The standard InChI is InChI=1S/C26H20F2N2O7/c1-3-37-21-12-15(6-11-20(21)36-2)23-22(24(31)14-4-7-16(8-5-14)30(34)35)25(32)26(33)29(23)17-9-10-18(27)19(28)13-17/h4-13,23,31H,3H2,1-2H3/b24-22+. The number of hydrogen-bond donors (Lipinski definition) is 1. The Morgan fingerprint density at radius 1 is 1.03 bits per heavy atom. The lowest BCUT2D eigenvalue weighted by molar-refractivity contribution is -0.384. The van der Waals surface area contributed by atoms with Crippen LogP contribution in [0.25, 0.3) is 5.76 Å². The number of aliphatic hydroxyl groups is 1. The normalized spacial score (nSPS) is 16.6. The van der Waals surface area contributed by atoms with Gasteiger partial charge < -0.3 is 14.6 Å². The van der Waals surface area contributed by atoms with E-state index in [1.807, 2.05) is 0 Å². The van der Waals surface area contributed by atoms with Crippen molar-refractivity contribution in [2.45, 2.75) is 13.0 Å². The molecule has 0 saturated carbocycles. The van der Waals surface area contributed by atoms with Crippen molar-refractivity contribution in [3.63, 3.8) is 0 Å². The van der Waals surface area contributed by atoms with E-state index in [4.69, 9.17) is 9.47 Å². The van der Waals surface area contributed by atoms with Crippen LogP contribution in [0.3, 0.4) is 0 Å². The van der Waals surface area contributed by atoms with Crippen molar-refractivity contribution >= 4 is 28.8 Å². The summed E-state index contributed by atoms with van der Waals surface area (Å²) in [6.07, 6.45) is 0. The predicted octanol–water partition coefficient (Wildman–Crippen LogP) is 4.91. The van der Waals surface area contributed by atoms with Gasteiger partial charge in [0.2, 0.25) is 0 Å². The zero-order valence-corrected chi connectivity index (χ0v) is 19.6. The van der Waals surface area contributed by atoms with E-state index in [0.29, 0.717) is 11.3 Å². The van der Waals surface area contributed by atoms with E-state index in [1.165, 1.54) is 37.4 Å². The third kappa shape index (κ3) is 4.58. The fraction of sp³-hybridized carbons (Fsp3) is 0.154. The first-order valence-corrected chi connectivity index (χ1v) is 11.0. The SMILES string of the molecule is CCOc1cc(C2/C(=C(\O)c3ccc([N+](=O)[O-])cc3)C(=O)C(=O)N2c2ccc(F)c(F)c2)ccc1OC. The number of methoxy groups -OCH3 is 1. The Labute approximate surface area is 209 Å². The van der Waals surface area contributed by atoms with E-state index < -0.39 is 40.0 Å². The van der Waals surface area contributed by atoms with Crippen molar-refractivity contribution < 1.29 is 37.9 Å². The third-order valence-corrected chi connectivity index (χ3v) is 5.78. The molecule has 3 aromatic carbocycles. The van der Waals surface area contributed by atoms with Crippen LogP contribution in [-0.4, -0.2) is 35.4 Å². The fourth-order valence-corrected chi connectivity index (χ4v) is 4.08. The number of nitro groups is 1. The number of rotatable bonds is 7. The number of amides is 1. The lowest BCUT2D eigenvalue weighted by atomic mass is 9.94. The van der Waals surface area contributed by atoms with Gasteiger partial charge in [-0.15, -0.1) is 0 Å². The van der Waals surface area contributed by atoms with Crippen LogP contribution in [0.5, 0.6) is 11.5 Å². The molecule has 0 radical (unpaired) electrons. The molecule has 190 valence electrons. The summed E-state index contributed by atoms with van der Waals surface area (Å²) in [5.41, 5.74) is -0.375. The summed E-state index contributed by atoms with van der Waals surface area (Å²) in [6, 6.07) is 10.8. The molecule has 1 fully saturated rings. The van der Waals surface area contributed by atoms with E-state index in [-0.39, 0.29) is 34.9 Å². The smallest absolute Gasteiger partial charge is 0.300 e. The van der Waals surface area contributed by atoms with Crippen LogP contribution in [-0.2, 0) is 9.59 Å². The molecule has 1 aliphatic rings. The number of carbonyl (C=O) groups is 2. The van der Waals surface area contributed by atoms with Crippen LogP contribution in [0.4, 0.5) is 20.2 Å². The highest BCUT2D eigenvalue weighted by Gasteiger charge is 2.47. The summed E-state index contributed by atoms with van der Waals surface area (Å²) in [4.78, 5) is 37.7. The molecule has 37 heavy (non-hydrogen) atoms. The maximum absolute atomic E-state index is 14.1. The van der Waals surface area contributed by atoms with Crippen molar-refractivity contribution in [2.75, 3.05) is 18.6 Å². The van der Waals surface area contributed by atoms with Gasteiger partial charge in [-0.2, -0.15) is 0 Å². The number of non-ortho nitro benzene ring substituents is 1. The third-order valence-electron chi connectivity index (χ3n) is 5.78. The van der Waals surface area contributed by atoms with Crippen LogP contribution in [0.1, 0.15) is 24.1 Å². The van der Waals surface area contributed by atoms with Crippen LogP contribution < -0.4 is 14.4 Å². The highest BCUT2D eigenvalue weighted by atomic mass is 19.2. The minimum atomic E-state index is -1.27. The van der Waals surface area contributed by atoms with E-state index in [0.717, 1.165) is 35.2 Å². The predicted molar refractivity (Wildman–Crippen MR) is 128 cm³/mol. The van der Waals surface area contributed by atoms with Gasteiger partial charge in [-0.25, -0.2) is 8.78 Å². The van der Waals surface area contributed by atoms with Gasteiger partial charge in [0.25, 0.3) is 17.4 Å². The molecule has 11 heteroatoms.